The average molecular weight is 437 g/mol. The van der Waals surface area contributed by atoms with E-state index in [0.29, 0.717) is 16.6 Å². The maximum absolute atomic E-state index is 13.1. The van der Waals surface area contributed by atoms with Crippen molar-refractivity contribution in [3.05, 3.63) is 63.9 Å². The van der Waals surface area contributed by atoms with Crippen LogP contribution in [0.5, 0.6) is 5.75 Å². The highest BCUT2D eigenvalue weighted by Gasteiger charge is 2.41. The fourth-order valence-electron chi connectivity index (χ4n) is 4.37. The Morgan fingerprint density at radius 3 is 2.52 bits per heavy atom. The molecule has 1 saturated carbocycles. The highest BCUT2D eigenvalue weighted by Crippen LogP contribution is 2.46. The molecular formula is C24H28N2O4Si. The van der Waals surface area contributed by atoms with Crippen LogP contribution in [0, 0.1) is 0 Å². The van der Waals surface area contributed by atoms with Gasteiger partial charge < -0.3 is 20.5 Å². The fourth-order valence-corrected chi connectivity index (χ4v) is 5.79. The van der Waals surface area contributed by atoms with E-state index in [4.69, 9.17) is 0 Å². The topological polar surface area (TPSA) is 102 Å². The van der Waals surface area contributed by atoms with Gasteiger partial charge in [-0.3, -0.25) is 9.59 Å². The lowest BCUT2D eigenvalue weighted by Crippen LogP contribution is -2.43. The molecule has 1 fully saturated rings. The Balaban J connectivity index is 1.79. The third-order valence-corrected chi connectivity index (χ3v) is 8.43. The smallest absolute Gasteiger partial charge is 0.261 e. The molecule has 0 radical (unpaired) electrons. The van der Waals surface area contributed by atoms with Crippen LogP contribution in [-0.4, -0.2) is 35.8 Å². The van der Waals surface area contributed by atoms with Crippen LogP contribution in [0.4, 0.5) is 5.69 Å². The van der Waals surface area contributed by atoms with E-state index >= 15 is 0 Å². The summed E-state index contributed by atoms with van der Waals surface area (Å²) in [6, 6.07) is 10.6. The highest BCUT2D eigenvalue weighted by molar-refractivity contribution is 6.89. The van der Waals surface area contributed by atoms with Crippen LogP contribution >= 0.6 is 0 Å². The lowest BCUT2D eigenvalue weighted by Gasteiger charge is -2.42. The first-order valence-electron chi connectivity index (χ1n) is 10.6. The number of phenols is 1. The maximum atomic E-state index is 13.1. The van der Waals surface area contributed by atoms with E-state index in [1.807, 2.05) is 12.1 Å². The summed E-state index contributed by atoms with van der Waals surface area (Å²) < 4.78 is 0. The van der Waals surface area contributed by atoms with Gasteiger partial charge in [-0.2, -0.15) is 0 Å². The fraction of sp³-hybridized carbons (Fsp3) is 0.333. The molecule has 6 nitrogen and oxygen atoms in total. The Kier molecular flexibility index (Phi) is 5.27. The second-order valence-corrected chi connectivity index (χ2v) is 14.5. The van der Waals surface area contributed by atoms with Gasteiger partial charge >= 0.3 is 0 Å². The predicted molar refractivity (Wildman–Crippen MR) is 126 cm³/mol. The summed E-state index contributed by atoms with van der Waals surface area (Å²) in [6.45, 7) is 6.41. The van der Waals surface area contributed by atoms with Crippen molar-refractivity contribution in [2.45, 2.75) is 44.3 Å². The predicted octanol–water partition coefficient (Wildman–Crippen LogP) is 3.45. The number of hydrogen-bond donors (Lipinski definition) is 4. The minimum absolute atomic E-state index is 0.00470. The largest absolute Gasteiger partial charge is 0.508 e. The van der Waals surface area contributed by atoms with Crippen molar-refractivity contribution in [3.63, 3.8) is 0 Å². The number of carbonyl (C=O) groups excluding carboxylic acids is 1. The number of pyridine rings is 1. The number of nitrogens with one attached hydrogen (secondary N) is 2. The Morgan fingerprint density at radius 1 is 1.19 bits per heavy atom. The number of fused-ring (bicyclic) bond motifs is 1. The van der Waals surface area contributed by atoms with Crippen LogP contribution in [-0.2, 0) is 5.41 Å². The summed E-state index contributed by atoms with van der Waals surface area (Å²) in [5.41, 5.74) is 1.17. The third kappa shape index (κ3) is 3.68. The molecule has 2 aromatic carbocycles. The molecule has 0 aliphatic heterocycles. The number of aromatic nitrogens is 1. The van der Waals surface area contributed by atoms with Gasteiger partial charge in [0.15, 0.2) is 0 Å². The molecule has 1 aromatic heterocycles. The number of aromatic amines is 1. The van der Waals surface area contributed by atoms with Gasteiger partial charge in [-0.15, -0.1) is 0 Å². The third-order valence-electron chi connectivity index (χ3n) is 6.41. The van der Waals surface area contributed by atoms with Gasteiger partial charge in [0.25, 0.3) is 5.91 Å². The van der Waals surface area contributed by atoms with Crippen LogP contribution in [0.15, 0.2) is 47.4 Å². The molecule has 4 N–H and O–H groups in total. The van der Waals surface area contributed by atoms with Crippen molar-refractivity contribution in [1.29, 1.82) is 0 Å². The minimum atomic E-state index is -1.86. The lowest BCUT2D eigenvalue weighted by molar-refractivity contribution is 0.102. The van der Waals surface area contributed by atoms with Crippen LogP contribution in [0.1, 0.15) is 35.2 Å². The number of aromatic hydroxyl groups is 1. The van der Waals surface area contributed by atoms with E-state index < -0.39 is 19.4 Å². The number of aliphatic hydroxyl groups excluding tert-OH is 1. The van der Waals surface area contributed by atoms with E-state index in [1.165, 1.54) is 6.20 Å². The SMILES string of the molecule is C[Si](C)(C)c1cc(C2(CO)CCC2)c(NC(=O)c2c[nH]c3ccccc3c2=O)cc1O. The van der Waals surface area contributed by atoms with E-state index in [9.17, 15) is 19.8 Å². The van der Waals surface area contributed by atoms with Gasteiger partial charge in [0.05, 0.1) is 14.7 Å². The molecule has 7 heteroatoms. The molecule has 1 heterocycles. The molecule has 0 unspecified atom stereocenters. The number of aliphatic hydroxyl groups is 1. The number of amides is 1. The first kappa shape index (κ1) is 21.3. The average Bonchev–Trinajstić information content (AvgIpc) is 2.68. The van der Waals surface area contributed by atoms with Crippen molar-refractivity contribution in [2.24, 2.45) is 0 Å². The van der Waals surface area contributed by atoms with Crippen LogP contribution < -0.4 is 15.9 Å². The number of hydrogen-bond acceptors (Lipinski definition) is 4. The summed E-state index contributed by atoms with van der Waals surface area (Å²) in [4.78, 5) is 28.9. The first-order chi connectivity index (χ1) is 14.7. The van der Waals surface area contributed by atoms with Crippen LogP contribution in [0.3, 0.4) is 0 Å². The second kappa shape index (κ2) is 7.66. The number of para-hydroxylation sites is 1. The number of phenolic OH excluding ortho intramolecular Hbond substituents is 1. The quantitative estimate of drug-likeness (QED) is 0.460. The van der Waals surface area contributed by atoms with Crippen molar-refractivity contribution in [1.82, 2.24) is 4.98 Å². The number of benzene rings is 2. The highest BCUT2D eigenvalue weighted by atomic mass is 28.3. The molecule has 0 bridgehead atoms. The summed E-state index contributed by atoms with van der Waals surface area (Å²) in [5, 5.41) is 25.1. The Hall–Kier alpha value is -2.90. The van der Waals surface area contributed by atoms with Crippen LogP contribution in [0.2, 0.25) is 19.6 Å². The minimum Gasteiger partial charge on any atom is -0.508 e. The van der Waals surface area contributed by atoms with Crippen molar-refractivity contribution >= 4 is 35.8 Å². The molecule has 0 atom stereocenters. The monoisotopic (exact) mass is 436 g/mol. The van der Waals surface area contributed by atoms with E-state index in [-0.39, 0.29) is 23.3 Å². The van der Waals surface area contributed by atoms with E-state index in [0.717, 1.165) is 30.0 Å². The van der Waals surface area contributed by atoms with Gasteiger partial charge in [0.2, 0.25) is 5.43 Å². The van der Waals surface area contributed by atoms with Crippen molar-refractivity contribution in [3.8, 4) is 5.75 Å². The van der Waals surface area contributed by atoms with E-state index in [1.54, 1.807) is 24.3 Å². The normalized spacial score (nSPS) is 15.5. The first-order valence-corrected chi connectivity index (χ1v) is 14.1. The van der Waals surface area contributed by atoms with Gasteiger partial charge in [-0.25, -0.2) is 0 Å². The Morgan fingerprint density at radius 2 is 1.90 bits per heavy atom. The van der Waals surface area contributed by atoms with Crippen LogP contribution in [0.25, 0.3) is 10.9 Å². The molecule has 1 amide bonds. The molecule has 1 aliphatic carbocycles. The number of carbonyl (C=O) groups is 1. The zero-order chi connectivity index (χ0) is 22.4. The summed E-state index contributed by atoms with van der Waals surface area (Å²) in [7, 11) is -1.86. The van der Waals surface area contributed by atoms with E-state index in [2.05, 4.69) is 29.9 Å². The van der Waals surface area contributed by atoms with Gasteiger partial charge in [-0.05, 0) is 35.7 Å². The summed E-state index contributed by atoms with van der Waals surface area (Å²) in [5.74, 6) is -0.404. The van der Waals surface area contributed by atoms with Gasteiger partial charge in [0.1, 0.15) is 11.3 Å². The second-order valence-electron chi connectivity index (χ2n) is 9.49. The zero-order valence-corrected chi connectivity index (χ0v) is 19.1. The Bertz CT molecular complexity index is 1220. The molecule has 4 rings (SSSR count). The van der Waals surface area contributed by atoms with Crippen molar-refractivity contribution in [2.75, 3.05) is 11.9 Å². The zero-order valence-electron chi connectivity index (χ0n) is 18.1. The molecule has 1 aliphatic rings. The standard InChI is InChI=1S/C24H28N2O4Si/c1-31(2,3)21-11-17(24(14-27)9-6-10-24)19(12-20(21)28)26-23(30)16-13-25-18-8-5-4-7-15(18)22(16)29/h4-5,7-8,11-13,27-28H,6,9-10,14H2,1-3H3,(H,25,29)(H,26,30). The molecule has 162 valence electrons. The van der Waals surface area contributed by atoms with Gasteiger partial charge in [0, 0.05) is 34.3 Å². The maximum Gasteiger partial charge on any atom is 0.261 e. The molecule has 31 heavy (non-hydrogen) atoms. The lowest BCUT2D eigenvalue weighted by atomic mass is 9.64. The molecule has 3 aromatic rings. The molecular weight excluding hydrogens is 408 g/mol. The molecule has 0 saturated heterocycles. The number of H-pyrrole nitrogens is 1. The number of anilines is 1. The molecule has 0 spiro atoms. The summed E-state index contributed by atoms with van der Waals surface area (Å²) >= 11 is 0. The van der Waals surface area contributed by atoms with Crippen molar-refractivity contribution < 1.29 is 15.0 Å². The summed E-state index contributed by atoms with van der Waals surface area (Å²) in [6.07, 6.45) is 4.06. The number of rotatable bonds is 5. The Labute approximate surface area is 182 Å². The van der Waals surface area contributed by atoms with Gasteiger partial charge in [-0.1, -0.05) is 44.3 Å².